The van der Waals surface area contributed by atoms with Gasteiger partial charge in [-0.05, 0) is 23.3 Å². The summed E-state index contributed by atoms with van der Waals surface area (Å²) in [7, 11) is 1.28. The van der Waals surface area contributed by atoms with Crippen LogP contribution in [0.1, 0.15) is 16.7 Å². The third-order valence-electron chi connectivity index (χ3n) is 3.46. The van der Waals surface area contributed by atoms with Gasteiger partial charge in [-0.15, -0.1) is 0 Å². The van der Waals surface area contributed by atoms with Crippen LogP contribution in [0.4, 0.5) is 0 Å². The van der Waals surface area contributed by atoms with E-state index in [2.05, 4.69) is 4.99 Å². The molecule has 0 radical (unpaired) electrons. The Morgan fingerprint density at radius 3 is 3.00 bits per heavy atom. The van der Waals surface area contributed by atoms with Crippen LogP contribution in [-0.4, -0.2) is 25.5 Å². The number of aliphatic hydroxyl groups excluding tert-OH is 1. The molecular formula is C16H16BNO3. The Bertz CT molecular complexity index is 672. The van der Waals surface area contributed by atoms with E-state index in [0.29, 0.717) is 6.61 Å². The molecule has 2 aromatic rings. The summed E-state index contributed by atoms with van der Waals surface area (Å²) in [5.74, 6) is 0.732. The van der Waals surface area contributed by atoms with E-state index in [4.69, 9.17) is 9.31 Å². The standard InChI is InChI=1S/C16H16BNO3/c1-18-9-13-4-2-3-5-16(13)21-17-15-8-12(10-19)6-7-14(15)11-20-17/h2-9,19H,10-11H2,1H3. The molecule has 4 nitrogen and oxygen atoms in total. The van der Waals surface area contributed by atoms with Gasteiger partial charge in [-0.3, -0.25) is 4.99 Å². The summed E-state index contributed by atoms with van der Waals surface area (Å²) >= 11 is 0. The van der Waals surface area contributed by atoms with Gasteiger partial charge in [-0.25, -0.2) is 0 Å². The van der Waals surface area contributed by atoms with E-state index in [1.165, 1.54) is 0 Å². The van der Waals surface area contributed by atoms with Crippen LogP contribution in [0.3, 0.4) is 0 Å². The van der Waals surface area contributed by atoms with E-state index in [-0.39, 0.29) is 6.61 Å². The number of aliphatic hydroxyl groups is 1. The van der Waals surface area contributed by atoms with Crippen LogP contribution in [0.15, 0.2) is 47.5 Å². The lowest BCUT2D eigenvalue weighted by Crippen LogP contribution is -2.35. The molecule has 0 bridgehead atoms. The Labute approximate surface area is 124 Å². The lowest BCUT2D eigenvalue weighted by molar-refractivity contribution is 0.280. The second-order valence-corrected chi connectivity index (χ2v) is 4.88. The first-order valence-electron chi connectivity index (χ1n) is 6.84. The fraction of sp³-hybridized carbons (Fsp3) is 0.188. The molecular weight excluding hydrogens is 265 g/mol. The number of para-hydroxylation sites is 1. The molecule has 1 heterocycles. The first-order valence-corrected chi connectivity index (χ1v) is 6.84. The maximum atomic E-state index is 9.26. The third-order valence-corrected chi connectivity index (χ3v) is 3.46. The number of hydrogen-bond acceptors (Lipinski definition) is 4. The van der Waals surface area contributed by atoms with E-state index in [0.717, 1.165) is 27.9 Å². The van der Waals surface area contributed by atoms with E-state index in [9.17, 15) is 5.11 Å². The van der Waals surface area contributed by atoms with Crippen molar-refractivity contribution in [2.45, 2.75) is 13.2 Å². The lowest BCUT2D eigenvalue weighted by Gasteiger charge is -2.13. The summed E-state index contributed by atoms with van der Waals surface area (Å²) in [6.45, 7) is 0.537. The van der Waals surface area contributed by atoms with Crippen LogP contribution in [0, 0.1) is 0 Å². The van der Waals surface area contributed by atoms with Crippen LogP contribution in [0.25, 0.3) is 0 Å². The van der Waals surface area contributed by atoms with Crippen molar-refractivity contribution in [3.8, 4) is 5.75 Å². The fourth-order valence-corrected chi connectivity index (χ4v) is 2.40. The van der Waals surface area contributed by atoms with E-state index in [1.807, 2.05) is 42.5 Å². The molecule has 0 spiro atoms. The maximum Gasteiger partial charge on any atom is 0.563 e. The van der Waals surface area contributed by atoms with Gasteiger partial charge in [0.2, 0.25) is 0 Å². The van der Waals surface area contributed by atoms with E-state index < -0.39 is 7.12 Å². The van der Waals surface area contributed by atoms with Crippen LogP contribution >= 0.6 is 0 Å². The number of nitrogens with zero attached hydrogens (tertiary/aromatic N) is 1. The molecule has 1 aliphatic heterocycles. The summed E-state index contributed by atoms with van der Waals surface area (Å²) in [6, 6.07) is 13.5. The van der Waals surface area contributed by atoms with Gasteiger partial charge in [0.25, 0.3) is 0 Å². The molecule has 0 saturated heterocycles. The quantitative estimate of drug-likeness (QED) is 0.683. The number of aliphatic imine (C=N–C) groups is 1. The minimum atomic E-state index is -0.446. The molecule has 3 rings (SSSR count). The molecule has 2 aromatic carbocycles. The number of benzene rings is 2. The highest BCUT2D eigenvalue weighted by atomic mass is 16.6. The molecule has 106 valence electrons. The van der Waals surface area contributed by atoms with Crippen LogP contribution in [0.2, 0.25) is 0 Å². The Morgan fingerprint density at radius 1 is 1.33 bits per heavy atom. The van der Waals surface area contributed by atoms with Gasteiger partial charge in [0.1, 0.15) is 5.75 Å². The van der Waals surface area contributed by atoms with Crippen molar-refractivity contribution in [1.82, 2.24) is 0 Å². The molecule has 1 aliphatic rings. The predicted octanol–water partition coefficient (Wildman–Crippen LogP) is 1.53. The van der Waals surface area contributed by atoms with Crippen LogP contribution in [-0.2, 0) is 17.9 Å². The first kappa shape index (κ1) is 13.9. The van der Waals surface area contributed by atoms with Crippen molar-refractivity contribution in [3.63, 3.8) is 0 Å². The second-order valence-electron chi connectivity index (χ2n) is 4.88. The molecule has 0 fully saturated rings. The zero-order chi connectivity index (χ0) is 14.7. The topological polar surface area (TPSA) is 51.0 Å². The highest BCUT2D eigenvalue weighted by molar-refractivity contribution is 6.63. The molecule has 0 saturated carbocycles. The normalized spacial score (nSPS) is 13.7. The molecule has 0 atom stereocenters. The van der Waals surface area contributed by atoms with Gasteiger partial charge in [-0.1, -0.05) is 30.3 Å². The zero-order valence-electron chi connectivity index (χ0n) is 11.8. The lowest BCUT2D eigenvalue weighted by atomic mass is 9.78. The Balaban J connectivity index is 1.88. The largest absolute Gasteiger partial charge is 0.563 e. The summed E-state index contributed by atoms with van der Waals surface area (Å²) < 4.78 is 11.7. The van der Waals surface area contributed by atoms with E-state index >= 15 is 0 Å². The number of fused-ring (bicyclic) bond motifs is 1. The zero-order valence-corrected chi connectivity index (χ0v) is 11.8. The Morgan fingerprint density at radius 2 is 2.19 bits per heavy atom. The minimum absolute atomic E-state index is 0.0130. The highest BCUT2D eigenvalue weighted by Gasteiger charge is 2.33. The summed E-state index contributed by atoms with van der Waals surface area (Å²) in [6.07, 6.45) is 1.76. The van der Waals surface area contributed by atoms with Crippen LogP contribution < -0.4 is 10.1 Å². The average Bonchev–Trinajstić information content (AvgIpc) is 2.92. The van der Waals surface area contributed by atoms with Gasteiger partial charge in [0.05, 0.1) is 13.2 Å². The molecule has 0 unspecified atom stereocenters. The van der Waals surface area contributed by atoms with Crippen molar-refractivity contribution in [1.29, 1.82) is 0 Å². The Hall–Kier alpha value is -2.11. The van der Waals surface area contributed by atoms with Crippen molar-refractivity contribution >= 4 is 18.8 Å². The molecule has 0 aliphatic carbocycles. The number of hydrogen-bond donors (Lipinski definition) is 1. The first-order chi connectivity index (χ1) is 10.3. The highest BCUT2D eigenvalue weighted by Crippen LogP contribution is 2.20. The molecule has 21 heavy (non-hydrogen) atoms. The Kier molecular flexibility index (Phi) is 4.04. The molecule has 1 N–H and O–H groups in total. The smallest absolute Gasteiger partial charge is 0.532 e. The monoisotopic (exact) mass is 281 g/mol. The average molecular weight is 281 g/mol. The molecule has 0 aromatic heterocycles. The maximum absolute atomic E-state index is 9.26. The van der Waals surface area contributed by atoms with Gasteiger partial charge in [0.15, 0.2) is 0 Å². The van der Waals surface area contributed by atoms with Crippen molar-refractivity contribution in [2.24, 2.45) is 4.99 Å². The SMILES string of the molecule is CN=Cc1ccccc1OB1OCc2ccc(CO)cc21. The molecule has 0 amide bonds. The van der Waals surface area contributed by atoms with Crippen molar-refractivity contribution in [2.75, 3.05) is 7.05 Å². The fourth-order valence-electron chi connectivity index (χ4n) is 2.40. The summed E-state index contributed by atoms with van der Waals surface area (Å²) in [4.78, 5) is 4.03. The summed E-state index contributed by atoms with van der Waals surface area (Å²) in [5.41, 5.74) is 3.84. The predicted molar refractivity (Wildman–Crippen MR) is 83.1 cm³/mol. The minimum Gasteiger partial charge on any atom is -0.532 e. The third kappa shape index (κ3) is 2.84. The molecule has 5 heteroatoms. The van der Waals surface area contributed by atoms with Crippen molar-refractivity contribution < 1.29 is 14.4 Å². The van der Waals surface area contributed by atoms with Gasteiger partial charge in [-0.2, -0.15) is 0 Å². The van der Waals surface area contributed by atoms with E-state index in [1.54, 1.807) is 13.3 Å². The summed E-state index contributed by atoms with van der Waals surface area (Å²) in [5, 5.41) is 9.26. The number of rotatable bonds is 4. The van der Waals surface area contributed by atoms with Gasteiger partial charge in [0, 0.05) is 24.3 Å². The van der Waals surface area contributed by atoms with Gasteiger partial charge < -0.3 is 14.4 Å². The van der Waals surface area contributed by atoms with Gasteiger partial charge >= 0.3 is 7.12 Å². The van der Waals surface area contributed by atoms with Crippen molar-refractivity contribution in [3.05, 3.63) is 59.2 Å². The second kappa shape index (κ2) is 6.12. The van der Waals surface area contributed by atoms with Crippen LogP contribution in [0.5, 0.6) is 5.75 Å².